The Bertz CT molecular complexity index is 643. The number of hydrogen-bond donors (Lipinski definition) is 2. The Labute approximate surface area is 102 Å². The highest BCUT2D eigenvalue weighted by Gasteiger charge is 2.12. The average molecular weight is 251 g/mol. The van der Waals surface area contributed by atoms with Crippen LogP contribution < -0.4 is 5.56 Å². The highest BCUT2D eigenvalue weighted by Crippen LogP contribution is 2.01. The maximum Gasteiger partial charge on any atom is 0.306 e. The van der Waals surface area contributed by atoms with Crippen LogP contribution in [0, 0.1) is 6.92 Å². The molecule has 7 nitrogen and oxygen atoms in total. The molecule has 0 fully saturated rings. The van der Waals surface area contributed by atoms with E-state index >= 15 is 0 Å². The number of aliphatic hydroxyl groups excluding tert-OH is 1. The second-order valence-electron chi connectivity index (χ2n) is 4.12. The summed E-state index contributed by atoms with van der Waals surface area (Å²) in [5, 5.41) is 22.1. The van der Waals surface area contributed by atoms with Crippen LogP contribution in [0.4, 0.5) is 0 Å². The predicted octanol–water partition coefficient (Wildman–Crippen LogP) is -0.360. The van der Waals surface area contributed by atoms with Crippen LogP contribution in [0.15, 0.2) is 23.3 Å². The molecule has 0 radical (unpaired) electrons. The van der Waals surface area contributed by atoms with Gasteiger partial charge in [0.2, 0.25) is 0 Å². The van der Waals surface area contributed by atoms with Gasteiger partial charge in [-0.2, -0.15) is 5.10 Å². The summed E-state index contributed by atoms with van der Waals surface area (Å²) in [7, 11) is 0. The highest BCUT2D eigenvalue weighted by atomic mass is 16.4. The van der Waals surface area contributed by atoms with Crippen LogP contribution in [0.3, 0.4) is 0 Å². The van der Waals surface area contributed by atoms with Crippen molar-refractivity contribution in [2.75, 3.05) is 0 Å². The van der Waals surface area contributed by atoms with Crippen molar-refractivity contribution in [3.63, 3.8) is 0 Å². The Morgan fingerprint density at radius 2 is 2.22 bits per heavy atom. The molecule has 0 amide bonds. The summed E-state index contributed by atoms with van der Waals surface area (Å²) < 4.78 is 2.74. The maximum atomic E-state index is 12.0. The molecule has 0 saturated heterocycles. The van der Waals surface area contributed by atoms with E-state index in [1.807, 2.05) is 0 Å². The molecule has 2 N–H and O–H groups in total. The van der Waals surface area contributed by atoms with E-state index in [1.165, 1.54) is 15.3 Å². The van der Waals surface area contributed by atoms with E-state index in [2.05, 4.69) is 5.10 Å². The smallest absolute Gasteiger partial charge is 0.306 e. The lowest BCUT2D eigenvalue weighted by atomic mass is 10.2. The first-order valence-electron chi connectivity index (χ1n) is 5.42. The number of aliphatic hydroxyl groups is 1. The van der Waals surface area contributed by atoms with Gasteiger partial charge in [0.1, 0.15) is 5.52 Å². The van der Waals surface area contributed by atoms with Crippen LogP contribution in [0.1, 0.15) is 12.1 Å². The lowest BCUT2D eigenvalue weighted by molar-refractivity contribution is -0.139. The molecule has 96 valence electrons. The minimum atomic E-state index is -1.10. The van der Waals surface area contributed by atoms with Crippen molar-refractivity contribution >= 4 is 11.5 Å². The predicted molar refractivity (Wildman–Crippen MR) is 62.4 cm³/mol. The zero-order valence-corrected chi connectivity index (χ0v) is 9.78. The molecule has 0 aromatic carbocycles. The van der Waals surface area contributed by atoms with Crippen molar-refractivity contribution in [1.29, 1.82) is 0 Å². The van der Waals surface area contributed by atoms with Crippen LogP contribution in [0.5, 0.6) is 0 Å². The number of carbonyl (C=O) groups is 1. The van der Waals surface area contributed by atoms with E-state index in [1.54, 1.807) is 19.2 Å². The summed E-state index contributed by atoms with van der Waals surface area (Å²) in [5.41, 5.74) is 0.816. The number of aromatic nitrogens is 3. The number of carboxylic acids is 1. The third-order valence-electron chi connectivity index (χ3n) is 2.54. The Morgan fingerprint density at radius 1 is 1.50 bits per heavy atom. The first-order valence-corrected chi connectivity index (χ1v) is 5.42. The van der Waals surface area contributed by atoms with E-state index in [4.69, 9.17) is 5.11 Å². The van der Waals surface area contributed by atoms with Gasteiger partial charge in [-0.3, -0.25) is 9.59 Å². The van der Waals surface area contributed by atoms with Crippen LogP contribution in [0.2, 0.25) is 0 Å². The van der Waals surface area contributed by atoms with E-state index in [-0.39, 0.29) is 12.1 Å². The van der Waals surface area contributed by atoms with Crippen LogP contribution in [-0.4, -0.2) is 36.5 Å². The molecule has 1 unspecified atom stereocenters. The van der Waals surface area contributed by atoms with Gasteiger partial charge >= 0.3 is 5.97 Å². The number of hydrogen-bond acceptors (Lipinski definition) is 4. The molecule has 0 aliphatic carbocycles. The Hall–Kier alpha value is -2.15. The zero-order chi connectivity index (χ0) is 13.3. The summed E-state index contributed by atoms with van der Waals surface area (Å²) in [6, 6.07) is 1.64. The van der Waals surface area contributed by atoms with Gasteiger partial charge in [-0.1, -0.05) is 0 Å². The van der Waals surface area contributed by atoms with Gasteiger partial charge in [-0.15, -0.1) is 0 Å². The summed E-state index contributed by atoms with van der Waals surface area (Å²) in [6.45, 7) is 1.72. The fraction of sp³-hybridized carbons (Fsp3) is 0.364. The highest BCUT2D eigenvalue weighted by molar-refractivity contribution is 5.67. The molecular formula is C11H13N3O4. The maximum absolute atomic E-state index is 12.0. The third kappa shape index (κ3) is 2.40. The molecular weight excluding hydrogens is 238 g/mol. The number of nitrogens with zero attached hydrogens (tertiary/aromatic N) is 3. The minimum Gasteiger partial charge on any atom is -0.481 e. The monoisotopic (exact) mass is 251 g/mol. The lowest BCUT2D eigenvalue weighted by Crippen LogP contribution is -2.28. The Kier molecular flexibility index (Phi) is 3.15. The minimum absolute atomic E-state index is 0.0497. The Morgan fingerprint density at radius 3 is 2.89 bits per heavy atom. The van der Waals surface area contributed by atoms with E-state index < -0.39 is 18.5 Å². The standard InChI is InChI=1S/C11H13N3O4/c1-7-4-9-11(18)13(2-3-14(9)12-7)6-8(15)5-10(16)17/h2-4,8,15H,5-6H2,1H3,(H,16,17). The summed E-state index contributed by atoms with van der Waals surface area (Å²) in [5.74, 6) is -1.10. The van der Waals surface area contributed by atoms with Crippen molar-refractivity contribution in [2.45, 2.75) is 26.0 Å². The fourth-order valence-electron chi connectivity index (χ4n) is 1.79. The number of aryl methyl sites for hydroxylation is 1. The molecule has 2 aromatic rings. The molecule has 1 atom stereocenters. The van der Waals surface area contributed by atoms with Gasteiger partial charge in [0.15, 0.2) is 0 Å². The molecule has 0 aliphatic heterocycles. The molecule has 0 aliphatic rings. The normalized spacial score (nSPS) is 12.8. The first-order chi connectivity index (χ1) is 8.47. The van der Waals surface area contributed by atoms with E-state index in [0.717, 1.165) is 5.69 Å². The molecule has 2 rings (SSSR count). The molecule has 0 saturated carbocycles. The van der Waals surface area contributed by atoms with Crippen LogP contribution in [-0.2, 0) is 11.3 Å². The molecule has 7 heteroatoms. The van der Waals surface area contributed by atoms with Crippen molar-refractivity contribution in [1.82, 2.24) is 14.2 Å². The van der Waals surface area contributed by atoms with Crippen LogP contribution in [0.25, 0.3) is 5.52 Å². The SMILES string of the molecule is Cc1cc2c(=O)n(CC(O)CC(=O)O)ccn2n1. The number of rotatable bonds is 4. The van der Waals surface area contributed by atoms with Gasteiger partial charge in [0, 0.05) is 12.4 Å². The van der Waals surface area contributed by atoms with Crippen molar-refractivity contribution in [3.8, 4) is 0 Å². The quantitative estimate of drug-likeness (QED) is 0.773. The van der Waals surface area contributed by atoms with Gasteiger partial charge in [0.25, 0.3) is 5.56 Å². The number of aliphatic carboxylic acids is 1. The summed E-state index contributed by atoms with van der Waals surface area (Å²) in [6.07, 6.45) is 1.59. The number of carboxylic acid groups (broad SMARTS) is 1. The van der Waals surface area contributed by atoms with Gasteiger partial charge in [0.05, 0.1) is 24.8 Å². The van der Waals surface area contributed by atoms with Crippen molar-refractivity contribution < 1.29 is 15.0 Å². The van der Waals surface area contributed by atoms with E-state index in [9.17, 15) is 14.7 Å². The lowest BCUT2D eigenvalue weighted by Gasteiger charge is -2.10. The fourth-order valence-corrected chi connectivity index (χ4v) is 1.79. The molecule has 18 heavy (non-hydrogen) atoms. The summed E-state index contributed by atoms with van der Waals surface area (Å²) in [4.78, 5) is 22.4. The summed E-state index contributed by atoms with van der Waals surface area (Å²) >= 11 is 0. The number of fused-ring (bicyclic) bond motifs is 1. The topological polar surface area (TPSA) is 96.8 Å². The third-order valence-corrected chi connectivity index (χ3v) is 2.54. The Balaban J connectivity index is 2.31. The average Bonchev–Trinajstić information content (AvgIpc) is 2.63. The first kappa shape index (κ1) is 12.3. The van der Waals surface area contributed by atoms with Crippen LogP contribution >= 0.6 is 0 Å². The largest absolute Gasteiger partial charge is 0.481 e. The van der Waals surface area contributed by atoms with Crippen molar-refractivity contribution in [3.05, 3.63) is 34.5 Å². The second kappa shape index (κ2) is 4.61. The van der Waals surface area contributed by atoms with Gasteiger partial charge in [-0.05, 0) is 13.0 Å². The molecule has 2 heterocycles. The van der Waals surface area contributed by atoms with Gasteiger partial charge < -0.3 is 14.8 Å². The molecule has 2 aromatic heterocycles. The second-order valence-corrected chi connectivity index (χ2v) is 4.12. The molecule has 0 spiro atoms. The van der Waals surface area contributed by atoms with Crippen molar-refractivity contribution in [2.24, 2.45) is 0 Å². The van der Waals surface area contributed by atoms with Gasteiger partial charge in [-0.25, -0.2) is 4.52 Å². The molecule has 0 bridgehead atoms. The van der Waals surface area contributed by atoms with E-state index in [0.29, 0.717) is 5.52 Å². The zero-order valence-electron chi connectivity index (χ0n) is 9.78.